The molecule has 0 aliphatic rings. The lowest BCUT2D eigenvalue weighted by Gasteiger charge is -2.26. The number of aliphatic hydroxyl groups is 2. The van der Waals surface area contributed by atoms with Crippen molar-refractivity contribution in [2.45, 2.75) is 71.2 Å². The Morgan fingerprint density at radius 3 is 2.19 bits per heavy atom. The second-order valence-electron chi connectivity index (χ2n) is 6.66. The molecule has 5 nitrogen and oxygen atoms in total. The highest BCUT2D eigenvalue weighted by molar-refractivity contribution is 5.87. The lowest BCUT2D eigenvalue weighted by atomic mass is 10.0. The summed E-state index contributed by atoms with van der Waals surface area (Å²) in [5, 5.41) is 19.3. The summed E-state index contributed by atoms with van der Waals surface area (Å²) in [6.45, 7) is 6.21. The van der Waals surface area contributed by atoms with Crippen LogP contribution < -0.4 is 4.74 Å². The fourth-order valence-electron chi connectivity index (χ4n) is 2.51. The molecule has 1 rings (SSSR count). The Balaban J connectivity index is 2.43. The number of carbonyl (C=O) groups excluding carboxylic acids is 1. The van der Waals surface area contributed by atoms with Gasteiger partial charge in [0.25, 0.3) is 0 Å². The lowest BCUT2D eigenvalue weighted by Crippen LogP contribution is -2.44. The molecule has 5 heteroatoms. The zero-order chi connectivity index (χ0) is 19.4. The van der Waals surface area contributed by atoms with Crippen molar-refractivity contribution in [3.05, 3.63) is 42.0 Å². The van der Waals surface area contributed by atoms with Crippen LogP contribution in [-0.4, -0.2) is 28.8 Å². The van der Waals surface area contributed by atoms with Crippen molar-refractivity contribution in [1.29, 1.82) is 0 Å². The van der Waals surface area contributed by atoms with Gasteiger partial charge >= 0.3 is 11.9 Å². The van der Waals surface area contributed by atoms with E-state index in [-0.39, 0.29) is 5.57 Å². The minimum Gasteiger partial charge on any atom is -0.428 e. The highest BCUT2D eigenvalue weighted by atomic mass is 16.8. The largest absolute Gasteiger partial charge is 0.428 e. The molecule has 0 aliphatic heterocycles. The molecule has 0 heterocycles. The summed E-state index contributed by atoms with van der Waals surface area (Å²) < 4.78 is 9.98. The fourth-order valence-corrected chi connectivity index (χ4v) is 2.51. The quantitative estimate of drug-likeness (QED) is 0.238. The zero-order valence-electron chi connectivity index (χ0n) is 16.0. The monoisotopic (exact) mass is 364 g/mol. The van der Waals surface area contributed by atoms with Crippen molar-refractivity contribution in [3.63, 3.8) is 0 Å². The van der Waals surface area contributed by atoms with Gasteiger partial charge in [0.05, 0.1) is 0 Å². The summed E-state index contributed by atoms with van der Waals surface area (Å²) in [7, 11) is 0. The molecule has 1 atom stereocenters. The number of benzene rings is 1. The fraction of sp³-hybridized carbons (Fsp3) is 0.571. The second kappa shape index (κ2) is 11.7. The molecule has 0 fully saturated rings. The van der Waals surface area contributed by atoms with E-state index in [4.69, 9.17) is 9.47 Å². The summed E-state index contributed by atoms with van der Waals surface area (Å²) in [5.74, 6) is -2.95. The number of aliphatic hydroxyl groups excluding tert-OH is 1. The summed E-state index contributed by atoms with van der Waals surface area (Å²) in [6, 6.07) is 7.19. The van der Waals surface area contributed by atoms with E-state index < -0.39 is 18.5 Å². The predicted octanol–water partition coefficient (Wildman–Crippen LogP) is 4.12. The Morgan fingerprint density at radius 1 is 1.08 bits per heavy atom. The van der Waals surface area contributed by atoms with Crippen molar-refractivity contribution in [1.82, 2.24) is 0 Å². The molecule has 146 valence electrons. The van der Waals surface area contributed by atoms with Crippen LogP contribution in [-0.2, 0) is 16.0 Å². The van der Waals surface area contributed by atoms with Crippen LogP contribution in [0.4, 0.5) is 0 Å². The zero-order valence-corrected chi connectivity index (χ0v) is 16.0. The molecule has 0 amide bonds. The van der Waals surface area contributed by atoms with Gasteiger partial charge in [0.15, 0.2) is 0 Å². The van der Waals surface area contributed by atoms with Crippen LogP contribution in [0.15, 0.2) is 36.4 Å². The molecular weight excluding hydrogens is 332 g/mol. The first-order chi connectivity index (χ1) is 12.4. The first-order valence-corrected chi connectivity index (χ1v) is 9.40. The van der Waals surface area contributed by atoms with Crippen molar-refractivity contribution < 1.29 is 24.5 Å². The van der Waals surface area contributed by atoms with Gasteiger partial charge in [0, 0.05) is 5.57 Å². The van der Waals surface area contributed by atoms with E-state index in [9.17, 15) is 15.0 Å². The van der Waals surface area contributed by atoms with Gasteiger partial charge in [-0.1, -0.05) is 64.2 Å². The van der Waals surface area contributed by atoms with Gasteiger partial charge < -0.3 is 19.7 Å². The molecular formula is C21H32O5. The highest BCUT2D eigenvalue weighted by Gasteiger charge is 2.34. The lowest BCUT2D eigenvalue weighted by molar-refractivity contribution is -0.314. The molecule has 0 bridgehead atoms. The Morgan fingerprint density at radius 2 is 1.65 bits per heavy atom. The third-order valence-electron chi connectivity index (χ3n) is 4.07. The van der Waals surface area contributed by atoms with E-state index in [1.165, 1.54) is 51.0 Å². The summed E-state index contributed by atoms with van der Waals surface area (Å²) in [6.07, 6.45) is 9.86. The third-order valence-corrected chi connectivity index (χ3v) is 4.07. The molecule has 0 spiro atoms. The topological polar surface area (TPSA) is 76.0 Å². The van der Waals surface area contributed by atoms with Crippen LogP contribution in [0.5, 0.6) is 5.75 Å². The summed E-state index contributed by atoms with van der Waals surface area (Å²) in [4.78, 5) is 11.5. The maximum Gasteiger partial charge on any atom is 0.396 e. The van der Waals surface area contributed by atoms with Gasteiger partial charge in [-0.25, -0.2) is 4.79 Å². The average molecular weight is 364 g/mol. The molecule has 0 aromatic heterocycles. The third kappa shape index (κ3) is 8.50. The standard InChI is InChI=1S/C21H32O5/c1-4-5-6-7-8-9-10-11-18-12-14-19(15-13-18)25-21(24,16-22)26-20(23)17(2)3/h12-15,22,24H,2,4-11,16H2,1,3H3. The van der Waals surface area contributed by atoms with E-state index in [2.05, 4.69) is 13.5 Å². The van der Waals surface area contributed by atoms with Crippen molar-refractivity contribution >= 4 is 5.97 Å². The van der Waals surface area contributed by atoms with Crippen LogP contribution >= 0.6 is 0 Å². The molecule has 2 N–H and O–H groups in total. The number of carbonyl (C=O) groups is 1. The smallest absolute Gasteiger partial charge is 0.396 e. The van der Waals surface area contributed by atoms with Crippen LogP contribution in [0.1, 0.15) is 64.4 Å². The minimum absolute atomic E-state index is 0.102. The number of unbranched alkanes of at least 4 members (excludes halogenated alkanes) is 6. The molecule has 26 heavy (non-hydrogen) atoms. The van der Waals surface area contributed by atoms with Gasteiger partial charge in [-0.2, -0.15) is 0 Å². The van der Waals surface area contributed by atoms with Gasteiger partial charge in [0.2, 0.25) is 0 Å². The maximum absolute atomic E-state index is 11.5. The van der Waals surface area contributed by atoms with Crippen molar-refractivity contribution in [2.75, 3.05) is 6.61 Å². The van der Waals surface area contributed by atoms with Crippen LogP contribution in [0.2, 0.25) is 0 Å². The molecule has 0 saturated heterocycles. The van der Waals surface area contributed by atoms with E-state index in [0.717, 1.165) is 12.8 Å². The van der Waals surface area contributed by atoms with Crippen molar-refractivity contribution in [3.8, 4) is 5.75 Å². The molecule has 0 aliphatic carbocycles. The van der Waals surface area contributed by atoms with Crippen molar-refractivity contribution in [2.24, 2.45) is 0 Å². The number of hydrogen-bond acceptors (Lipinski definition) is 5. The van der Waals surface area contributed by atoms with Gasteiger partial charge in [-0.15, -0.1) is 0 Å². The Kier molecular flexibility index (Phi) is 9.99. The van der Waals surface area contributed by atoms with Crippen LogP contribution in [0.3, 0.4) is 0 Å². The first-order valence-electron chi connectivity index (χ1n) is 9.40. The Bertz CT molecular complexity index is 552. The second-order valence-corrected chi connectivity index (χ2v) is 6.66. The van der Waals surface area contributed by atoms with E-state index in [1.807, 2.05) is 12.1 Å². The number of ether oxygens (including phenoxy) is 2. The van der Waals surface area contributed by atoms with Gasteiger partial charge in [-0.05, 0) is 37.5 Å². The average Bonchev–Trinajstić information content (AvgIpc) is 2.62. The predicted molar refractivity (Wildman–Crippen MR) is 102 cm³/mol. The summed E-state index contributed by atoms with van der Waals surface area (Å²) >= 11 is 0. The molecule has 1 aromatic carbocycles. The van der Waals surface area contributed by atoms with E-state index in [1.54, 1.807) is 12.1 Å². The Labute approximate surface area is 156 Å². The first kappa shape index (κ1) is 22.2. The molecule has 0 saturated carbocycles. The van der Waals surface area contributed by atoms with Gasteiger partial charge in [-0.3, -0.25) is 0 Å². The van der Waals surface area contributed by atoms with E-state index in [0.29, 0.717) is 5.75 Å². The molecule has 1 unspecified atom stereocenters. The van der Waals surface area contributed by atoms with Crippen LogP contribution in [0, 0.1) is 0 Å². The number of hydrogen-bond donors (Lipinski definition) is 2. The normalized spacial score (nSPS) is 13.1. The van der Waals surface area contributed by atoms with Crippen LogP contribution in [0.25, 0.3) is 0 Å². The minimum atomic E-state index is -2.42. The summed E-state index contributed by atoms with van der Waals surface area (Å²) in [5.41, 5.74) is 1.28. The number of aryl methyl sites for hydroxylation is 1. The SMILES string of the molecule is C=C(C)C(=O)OC(O)(CO)Oc1ccc(CCCCCCCCC)cc1. The highest BCUT2D eigenvalue weighted by Crippen LogP contribution is 2.20. The maximum atomic E-state index is 11.5. The Hall–Kier alpha value is -1.85. The number of rotatable bonds is 13. The van der Waals surface area contributed by atoms with Gasteiger partial charge in [0.1, 0.15) is 12.4 Å². The number of esters is 1. The molecule has 1 aromatic rings. The molecule has 0 radical (unpaired) electrons. The van der Waals surface area contributed by atoms with E-state index >= 15 is 0 Å².